The molecule has 2 saturated heterocycles. The predicted octanol–water partition coefficient (Wildman–Crippen LogP) is 6.38. The molecule has 7 nitrogen and oxygen atoms in total. The van der Waals surface area contributed by atoms with Crippen molar-refractivity contribution in [3.63, 3.8) is 0 Å². The largest absolute Gasteiger partial charge is 0.465 e. The monoisotopic (exact) mass is 541 g/mol. The van der Waals surface area contributed by atoms with E-state index in [1.165, 1.54) is 19.2 Å². The third kappa shape index (κ3) is 4.90. The molecule has 1 aromatic carbocycles. The van der Waals surface area contributed by atoms with Gasteiger partial charge in [0, 0.05) is 35.3 Å². The van der Waals surface area contributed by atoms with E-state index in [0.29, 0.717) is 22.8 Å². The normalized spacial score (nSPS) is 24.7. The first-order chi connectivity index (χ1) is 18.7. The van der Waals surface area contributed by atoms with E-state index in [4.69, 9.17) is 14.0 Å². The molecular weight excluding hydrogens is 511 g/mol. The molecule has 2 bridgehead atoms. The van der Waals surface area contributed by atoms with E-state index in [1.54, 1.807) is 24.4 Å². The average molecular weight is 542 g/mol. The van der Waals surface area contributed by atoms with E-state index in [9.17, 15) is 18.0 Å². The number of hydrogen-bond acceptors (Lipinski definition) is 7. The first kappa shape index (κ1) is 25.9. The van der Waals surface area contributed by atoms with Crippen LogP contribution in [0.1, 0.15) is 72.2 Å². The first-order valence-electron chi connectivity index (χ1n) is 13.3. The number of pyridine rings is 1. The van der Waals surface area contributed by atoms with Gasteiger partial charge in [-0.25, -0.2) is 9.78 Å². The summed E-state index contributed by atoms with van der Waals surface area (Å²) in [6.07, 6.45) is 1.39. The summed E-state index contributed by atoms with van der Waals surface area (Å²) in [6.45, 7) is 2.35. The zero-order valence-electron chi connectivity index (χ0n) is 21.8. The van der Waals surface area contributed by atoms with E-state index in [0.717, 1.165) is 44.0 Å². The van der Waals surface area contributed by atoms with Crippen molar-refractivity contribution in [3.8, 4) is 11.3 Å². The number of hydrogen-bond donors (Lipinski definition) is 0. The summed E-state index contributed by atoms with van der Waals surface area (Å²) >= 11 is 0. The highest BCUT2D eigenvalue weighted by molar-refractivity contribution is 5.90. The van der Waals surface area contributed by atoms with Gasteiger partial charge in [-0.15, -0.1) is 0 Å². The number of carbonyl (C=O) groups excluding carboxylic acids is 1. The number of nitrogens with zero attached hydrogens (tertiary/aromatic N) is 3. The first-order valence-corrected chi connectivity index (χ1v) is 13.3. The highest BCUT2D eigenvalue weighted by Gasteiger charge is 2.46. The lowest BCUT2D eigenvalue weighted by molar-refractivity contribution is -0.137. The smallest absolute Gasteiger partial charge is 0.417 e. The Kier molecular flexibility index (Phi) is 6.61. The van der Waals surface area contributed by atoms with E-state index >= 15 is 0 Å². The maximum Gasteiger partial charge on any atom is 0.417 e. The van der Waals surface area contributed by atoms with Gasteiger partial charge in [0.2, 0.25) is 0 Å². The zero-order chi connectivity index (χ0) is 27.3. The Labute approximate surface area is 224 Å². The van der Waals surface area contributed by atoms with Crippen molar-refractivity contribution in [2.24, 2.45) is 5.92 Å². The Bertz CT molecular complexity index is 1370. The number of fused-ring (bicyclic) bond motifs is 2. The molecule has 3 aromatic rings. The fraction of sp³-hybridized carbons (Fsp3) is 0.483. The fourth-order valence-electron chi connectivity index (χ4n) is 6.24. The zero-order valence-corrected chi connectivity index (χ0v) is 21.8. The molecule has 2 aliphatic heterocycles. The molecule has 1 saturated carbocycles. The highest BCUT2D eigenvalue weighted by Crippen LogP contribution is 2.47. The topological polar surface area (TPSA) is 77.7 Å². The van der Waals surface area contributed by atoms with Crippen molar-refractivity contribution in [3.05, 3.63) is 65.0 Å². The number of methoxy groups -OCH3 is 1. The van der Waals surface area contributed by atoms with E-state index in [2.05, 4.69) is 22.0 Å². The summed E-state index contributed by atoms with van der Waals surface area (Å²) in [5, 5.41) is 4.11. The quantitative estimate of drug-likeness (QED) is 0.321. The van der Waals surface area contributed by atoms with Gasteiger partial charge in [0.05, 0.1) is 30.9 Å². The number of ether oxygens (including phenoxy) is 2. The number of benzene rings is 1. The molecule has 10 heteroatoms. The van der Waals surface area contributed by atoms with Crippen LogP contribution in [0, 0.1) is 5.92 Å². The highest BCUT2D eigenvalue weighted by atomic mass is 19.4. The van der Waals surface area contributed by atoms with Gasteiger partial charge in [-0.2, -0.15) is 13.2 Å². The lowest BCUT2D eigenvalue weighted by Gasteiger charge is -2.40. The molecule has 39 heavy (non-hydrogen) atoms. The number of alkyl halides is 3. The van der Waals surface area contributed by atoms with Crippen LogP contribution in [-0.4, -0.2) is 41.4 Å². The maximum atomic E-state index is 13.8. The fourth-order valence-corrected chi connectivity index (χ4v) is 6.24. The molecule has 2 aromatic heterocycles. The summed E-state index contributed by atoms with van der Waals surface area (Å²) in [6, 6.07) is 9.24. The number of esters is 1. The van der Waals surface area contributed by atoms with E-state index < -0.39 is 17.7 Å². The van der Waals surface area contributed by atoms with Gasteiger partial charge in [-0.05, 0) is 56.2 Å². The van der Waals surface area contributed by atoms with E-state index in [1.807, 2.05) is 0 Å². The van der Waals surface area contributed by atoms with Crippen LogP contribution in [0.2, 0.25) is 0 Å². The van der Waals surface area contributed by atoms with Crippen molar-refractivity contribution >= 4 is 11.8 Å². The van der Waals surface area contributed by atoms with Crippen LogP contribution < -0.4 is 4.90 Å². The Balaban J connectivity index is 1.23. The molecule has 0 radical (unpaired) electrons. The summed E-state index contributed by atoms with van der Waals surface area (Å²) in [4.78, 5) is 18.9. The van der Waals surface area contributed by atoms with Crippen LogP contribution >= 0.6 is 0 Å². The second kappa shape index (κ2) is 9.97. The number of halogens is 3. The van der Waals surface area contributed by atoms with Gasteiger partial charge in [0.1, 0.15) is 17.3 Å². The van der Waals surface area contributed by atoms with Crippen LogP contribution in [0.15, 0.2) is 47.1 Å². The van der Waals surface area contributed by atoms with Crippen molar-refractivity contribution in [1.82, 2.24) is 10.1 Å². The van der Waals surface area contributed by atoms with Crippen LogP contribution in [0.5, 0.6) is 0 Å². The minimum Gasteiger partial charge on any atom is -0.465 e. The van der Waals surface area contributed by atoms with Gasteiger partial charge in [0.15, 0.2) is 0 Å². The standard InChI is InChI=1S/C29H30F3N3O4/c1-16-11-19-13-20(14-24(16)35(19)25-12-18(9-10-33-25)28(36)37-2)38-15-22-26(34-39-27(22)17-7-8-17)21-5-3-4-6-23(21)29(30,31)32/h3-6,9-10,12,16-17,19-20,24H,7-8,11,13-15H2,1-2H3/t16-,19?,20?,24?/m1/s1. The lowest BCUT2D eigenvalue weighted by atomic mass is 9.96. The minimum atomic E-state index is -4.51. The van der Waals surface area contributed by atoms with Gasteiger partial charge in [0.25, 0.3) is 0 Å². The molecule has 3 fully saturated rings. The number of rotatable bonds is 7. The molecule has 0 N–H and O–H groups in total. The van der Waals surface area contributed by atoms with Gasteiger partial charge >= 0.3 is 12.1 Å². The Morgan fingerprint density at radius 2 is 1.95 bits per heavy atom. The molecule has 206 valence electrons. The summed E-state index contributed by atoms with van der Waals surface area (Å²) in [5.41, 5.74) is 0.564. The molecule has 4 heterocycles. The maximum absolute atomic E-state index is 13.8. The van der Waals surface area contributed by atoms with Crippen molar-refractivity contribution in [2.75, 3.05) is 12.0 Å². The number of piperidine rings is 1. The number of anilines is 1. The predicted molar refractivity (Wildman–Crippen MR) is 136 cm³/mol. The molecule has 0 amide bonds. The number of aromatic nitrogens is 2. The molecule has 6 rings (SSSR count). The van der Waals surface area contributed by atoms with Crippen LogP contribution in [0.4, 0.5) is 19.0 Å². The lowest BCUT2D eigenvalue weighted by Crippen LogP contribution is -2.47. The van der Waals surface area contributed by atoms with Crippen molar-refractivity contribution in [2.45, 2.75) is 75.9 Å². The summed E-state index contributed by atoms with van der Waals surface area (Å²) in [5.74, 6) is 1.56. The van der Waals surface area contributed by atoms with Crippen molar-refractivity contribution < 1.29 is 32.0 Å². The molecule has 3 unspecified atom stereocenters. The molecule has 3 aliphatic rings. The van der Waals surface area contributed by atoms with Crippen LogP contribution in [-0.2, 0) is 22.3 Å². The summed E-state index contributed by atoms with van der Waals surface area (Å²) < 4.78 is 58.3. The Morgan fingerprint density at radius 1 is 1.15 bits per heavy atom. The van der Waals surface area contributed by atoms with Gasteiger partial charge in [-0.1, -0.05) is 30.3 Å². The second-order valence-corrected chi connectivity index (χ2v) is 10.8. The number of carbonyl (C=O) groups is 1. The molecule has 4 atom stereocenters. The Hall–Kier alpha value is -3.40. The average Bonchev–Trinajstić information content (AvgIpc) is 3.65. The second-order valence-electron chi connectivity index (χ2n) is 10.8. The van der Waals surface area contributed by atoms with Gasteiger partial charge < -0.3 is 18.9 Å². The SMILES string of the molecule is COC(=O)c1ccnc(N2C3CC(OCc4c(-c5ccccc5C(F)(F)F)noc4C4CC4)CC2[C@H](C)C3)c1. The van der Waals surface area contributed by atoms with Crippen LogP contribution in [0.25, 0.3) is 11.3 Å². The minimum absolute atomic E-state index is 0.0133. The van der Waals surface area contributed by atoms with Gasteiger partial charge in [-0.3, -0.25) is 0 Å². The summed E-state index contributed by atoms with van der Waals surface area (Å²) in [7, 11) is 1.36. The molecular formula is C29H30F3N3O4. The van der Waals surface area contributed by atoms with Crippen molar-refractivity contribution in [1.29, 1.82) is 0 Å². The van der Waals surface area contributed by atoms with Crippen LogP contribution in [0.3, 0.4) is 0 Å². The van der Waals surface area contributed by atoms with E-state index in [-0.39, 0.29) is 42.0 Å². The third-order valence-electron chi connectivity index (χ3n) is 8.24. The molecule has 1 aliphatic carbocycles. The Morgan fingerprint density at radius 3 is 2.67 bits per heavy atom. The third-order valence-corrected chi connectivity index (χ3v) is 8.24. The molecule has 0 spiro atoms.